The lowest BCUT2D eigenvalue weighted by Crippen LogP contribution is -2.46. The molecule has 3 rings (SSSR count). The maximum absolute atomic E-state index is 12.9. The Hall–Kier alpha value is 0.380. The van der Waals surface area contributed by atoms with Gasteiger partial charge in [0, 0.05) is 21.4 Å². The number of piperidine rings is 1. The van der Waals surface area contributed by atoms with Gasteiger partial charge in [0.1, 0.15) is 0 Å². The minimum absolute atomic E-state index is 0.123. The summed E-state index contributed by atoms with van der Waals surface area (Å²) in [6.45, 7) is 0. The van der Waals surface area contributed by atoms with Crippen LogP contribution in [0.4, 0.5) is 0 Å². The second-order valence-corrected chi connectivity index (χ2v) is 9.76. The van der Waals surface area contributed by atoms with Crippen LogP contribution in [0.25, 0.3) is 0 Å². The van der Waals surface area contributed by atoms with E-state index >= 15 is 0 Å². The molecule has 0 spiro atoms. The fourth-order valence-electron chi connectivity index (χ4n) is 3.22. The van der Waals surface area contributed by atoms with Crippen LogP contribution in [-0.2, 0) is 10.0 Å². The lowest BCUT2D eigenvalue weighted by atomic mass is 10.1. The van der Waals surface area contributed by atoms with Crippen LogP contribution in [0.1, 0.15) is 25.7 Å². The van der Waals surface area contributed by atoms with Crippen molar-refractivity contribution in [2.45, 2.75) is 47.5 Å². The van der Waals surface area contributed by atoms with Crippen molar-refractivity contribution in [2.24, 2.45) is 0 Å². The van der Waals surface area contributed by atoms with Crippen LogP contribution >= 0.6 is 43.5 Å². The van der Waals surface area contributed by atoms with Crippen LogP contribution < -0.4 is 0 Å². The summed E-state index contributed by atoms with van der Waals surface area (Å²) in [6, 6.07) is 5.05. The largest absolute Gasteiger partial charge is 0.243 e. The standard InChI is InChI=1S/C13H14Br2ClNO2S/c14-8-5-9-1-2-10(6-8)17(9)20(18,19)11-3-4-13(16)12(15)7-11/h3-4,7-10H,1-2,5-6H2. The molecule has 0 aromatic heterocycles. The molecule has 2 aliphatic rings. The van der Waals surface area contributed by atoms with Crippen LogP contribution in [-0.4, -0.2) is 29.6 Å². The lowest BCUT2D eigenvalue weighted by molar-refractivity contribution is 0.255. The van der Waals surface area contributed by atoms with Crippen LogP contribution in [0.2, 0.25) is 5.02 Å². The van der Waals surface area contributed by atoms with E-state index in [1.54, 1.807) is 22.5 Å². The summed E-state index contributed by atoms with van der Waals surface area (Å²) in [5, 5.41) is 0.520. The highest BCUT2D eigenvalue weighted by Gasteiger charge is 2.46. The van der Waals surface area contributed by atoms with E-state index in [-0.39, 0.29) is 12.1 Å². The number of rotatable bonds is 2. The van der Waals surface area contributed by atoms with Crippen LogP contribution in [0.15, 0.2) is 27.6 Å². The van der Waals surface area contributed by atoms with Gasteiger partial charge in [-0.25, -0.2) is 8.42 Å². The molecule has 2 fully saturated rings. The smallest absolute Gasteiger partial charge is 0.207 e. The normalized spacial score (nSPS) is 30.6. The third-order valence-corrected chi connectivity index (χ3v) is 8.04. The van der Waals surface area contributed by atoms with Gasteiger partial charge in [-0.1, -0.05) is 27.5 Å². The monoisotopic (exact) mass is 441 g/mol. The molecule has 2 heterocycles. The zero-order chi connectivity index (χ0) is 14.5. The number of fused-ring (bicyclic) bond motifs is 2. The molecule has 2 atom stereocenters. The van der Waals surface area contributed by atoms with E-state index in [2.05, 4.69) is 31.9 Å². The molecule has 2 saturated heterocycles. The maximum Gasteiger partial charge on any atom is 0.243 e. The van der Waals surface area contributed by atoms with Crippen LogP contribution in [0.3, 0.4) is 0 Å². The number of nitrogens with zero attached hydrogens (tertiary/aromatic N) is 1. The minimum Gasteiger partial charge on any atom is -0.207 e. The van der Waals surface area contributed by atoms with E-state index in [4.69, 9.17) is 11.6 Å². The molecule has 0 radical (unpaired) electrons. The van der Waals surface area contributed by atoms with Gasteiger partial charge in [0.15, 0.2) is 0 Å². The molecule has 2 aliphatic heterocycles. The molecule has 0 aliphatic carbocycles. The number of hydrogen-bond acceptors (Lipinski definition) is 2. The fourth-order valence-corrected chi connectivity index (χ4v) is 6.65. The molecule has 0 amide bonds. The van der Waals surface area contributed by atoms with Crippen molar-refractivity contribution in [3.8, 4) is 0 Å². The Kier molecular flexibility index (Phi) is 4.23. The van der Waals surface area contributed by atoms with Crippen LogP contribution in [0.5, 0.6) is 0 Å². The van der Waals surface area contributed by atoms with E-state index in [1.807, 2.05) is 0 Å². The van der Waals surface area contributed by atoms with E-state index in [0.29, 0.717) is 19.2 Å². The van der Waals surface area contributed by atoms with Gasteiger partial charge >= 0.3 is 0 Å². The molecule has 0 N–H and O–H groups in total. The first-order valence-electron chi connectivity index (χ1n) is 6.52. The third kappa shape index (κ3) is 2.58. The quantitative estimate of drug-likeness (QED) is 0.643. The molecule has 7 heteroatoms. The first kappa shape index (κ1) is 15.3. The molecule has 1 aromatic carbocycles. The van der Waals surface area contributed by atoms with Crippen molar-refractivity contribution in [2.75, 3.05) is 0 Å². The van der Waals surface area contributed by atoms with Crippen molar-refractivity contribution in [1.82, 2.24) is 4.31 Å². The van der Waals surface area contributed by atoms with E-state index in [1.165, 1.54) is 0 Å². The summed E-state index contributed by atoms with van der Waals surface area (Å²) in [5.74, 6) is 0. The summed E-state index contributed by atoms with van der Waals surface area (Å²) in [4.78, 5) is 0.752. The van der Waals surface area contributed by atoms with E-state index in [0.717, 1.165) is 25.7 Å². The van der Waals surface area contributed by atoms with E-state index < -0.39 is 10.0 Å². The molecule has 0 saturated carbocycles. The molecule has 110 valence electrons. The third-order valence-electron chi connectivity index (χ3n) is 4.08. The Morgan fingerprint density at radius 2 is 1.80 bits per heavy atom. The van der Waals surface area contributed by atoms with Gasteiger partial charge in [0.25, 0.3) is 0 Å². The average Bonchev–Trinajstić information content (AvgIpc) is 2.66. The molecular weight excluding hydrogens is 429 g/mol. The molecule has 2 bridgehead atoms. The molecule has 3 nitrogen and oxygen atoms in total. The lowest BCUT2D eigenvalue weighted by Gasteiger charge is -2.36. The summed E-state index contributed by atoms with van der Waals surface area (Å²) >= 11 is 12.9. The van der Waals surface area contributed by atoms with Gasteiger partial charge in [0.2, 0.25) is 10.0 Å². The number of hydrogen-bond donors (Lipinski definition) is 0. The summed E-state index contributed by atoms with van der Waals surface area (Å²) < 4.78 is 28.1. The first-order chi connectivity index (χ1) is 9.39. The van der Waals surface area contributed by atoms with Gasteiger partial charge < -0.3 is 0 Å². The zero-order valence-corrected chi connectivity index (χ0v) is 15.3. The van der Waals surface area contributed by atoms with Gasteiger partial charge in [-0.2, -0.15) is 4.31 Å². The Morgan fingerprint density at radius 3 is 2.35 bits per heavy atom. The van der Waals surface area contributed by atoms with Gasteiger partial charge in [-0.15, -0.1) is 0 Å². The summed E-state index contributed by atoms with van der Waals surface area (Å²) in [6.07, 6.45) is 3.70. The van der Waals surface area contributed by atoms with Gasteiger partial charge in [-0.3, -0.25) is 0 Å². The predicted octanol–water partition coefficient (Wildman–Crippen LogP) is 4.18. The Morgan fingerprint density at radius 1 is 1.20 bits per heavy atom. The van der Waals surface area contributed by atoms with Crippen molar-refractivity contribution >= 4 is 53.5 Å². The fraction of sp³-hybridized carbons (Fsp3) is 0.538. The summed E-state index contributed by atoms with van der Waals surface area (Å²) in [7, 11) is -3.44. The molecule has 1 aromatic rings. The van der Waals surface area contributed by atoms with Crippen molar-refractivity contribution in [3.63, 3.8) is 0 Å². The highest BCUT2D eigenvalue weighted by Crippen LogP contribution is 2.42. The number of sulfonamides is 1. The summed E-state index contributed by atoms with van der Waals surface area (Å²) in [5.41, 5.74) is 0. The molecule has 20 heavy (non-hydrogen) atoms. The zero-order valence-electron chi connectivity index (χ0n) is 10.6. The average molecular weight is 444 g/mol. The molecule has 2 unspecified atom stereocenters. The number of benzene rings is 1. The molecular formula is C13H14Br2ClNO2S. The van der Waals surface area contributed by atoms with Crippen LogP contribution in [0, 0.1) is 0 Å². The first-order valence-corrected chi connectivity index (χ1v) is 10.0. The Balaban J connectivity index is 1.98. The van der Waals surface area contributed by atoms with Crippen molar-refractivity contribution < 1.29 is 8.42 Å². The second-order valence-electron chi connectivity index (χ2n) is 5.36. The number of alkyl halides is 1. The van der Waals surface area contributed by atoms with Crippen molar-refractivity contribution in [1.29, 1.82) is 0 Å². The Bertz CT molecular complexity index is 623. The maximum atomic E-state index is 12.9. The topological polar surface area (TPSA) is 37.4 Å². The highest BCUT2D eigenvalue weighted by atomic mass is 79.9. The minimum atomic E-state index is -3.44. The highest BCUT2D eigenvalue weighted by molar-refractivity contribution is 9.10. The van der Waals surface area contributed by atoms with E-state index in [9.17, 15) is 8.42 Å². The van der Waals surface area contributed by atoms with Crippen molar-refractivity contribution in [3.05, 3.63) is 27.7 Å². The SMILES string of the molecule is O=S(=O)(c1ccc(Cl)c(Br)c1)N1C2CCC1CC(Br)C2. The second kappa shape index (κ2) is 5.54. The Labute approximate surface area is 141 Å². The predicted molar refractivity (Wildman–Crippen MR) is 86.9 cm³/mol. The number of halogens is 3. The van der Waals surface area contributed by atoms with Gasteiger partial charge in [0.05, 0.1) is 9.92 Å². The van der Waals surface area contributed by atoms with Gasteiger partial charge in [-0.05, 0) is 59.8 Å².